The summed E-state index contributed by atoms with van der Waals surface area (Å²) in [5, 5.41) is 26.0. The second kappa shape index (κ2) is 9.42. The molecule has 6 heteroatoms. The molecule has 0 bridgehead atoms. The van der Waals surface area contributed by atoms with E-state index in [4.69, 9.17) is 16.7 Å². The highest BCUT2D eigenvalue weighted by molar-refractivity contribution is 6.30. The van der Waals surface area contributed by atoms with Gasteiger partial charge in [0.25, 0.3) is 0 Å². The molecule has 0 aliphatic rings. The van der Waals surface area contributed by atoms with Crippen molar-refractivity contribution >= 4 is 23.3 Å². The SMILES string of the molecule is Cc1cc(NCCNCC(O)c2cccc(Cl)c2)ccc1CC(=O)O. The predicted octanol–water partition coefficient (Wildman–Crippen LogP) is 3.01. The van der Waals surface area contributed by atoms with Gasteiger partial charge < -0.3 is 20.8 Å². The molecule has 0 saturated carbocycles. The summed E-state index contributed by atoms with van der Waals surface area (Å²) >= 11 is 5.92. The van der Waals surface area contributed by atoms with Gasteiger partial charge in [0.2, 0.25) is 0 Å². The summed E-state index contributed by atoms with van der Waals surface area (Å²) in [6.07, 6.45) is -0.564. The Morgan fingerprint density at radius 3 is 2.68 bits per heavy atom. The molecule has 2 aromatic carbocycles. The maximum atomic E-state index is 10.8. The number of carbonyl (C=O) groups is 1. The number of carboxylic acid groups (broad SMARTS) is 1. The van der Waals surface area contributed by atoms with Crippen LogP contribution in [0.4, 0.5) is 5.69 Å². The van der Waals surface area contributed by atoms with Crippen molar-refractivity contribution in [2.24, 2.45) is 0 Å². The van der Waals surface area contributed by atoms with Crippen LogP contribution in [0.15, 0.2) is 42.5 Å². The molecule has 2 aromatic rings. The van der Waals surface area contributed by atoms with Crippen LogP contribution >= 0.6 is 11.6 Å². The molecular formula is C19H23ClN2O3. The van der Waals surface area contributed by atoms with Crippen molar-refractivity contribution in [3.05, 3.63) is 64.2 Å². The van der Waals surface area contributed by atoms with Crippen molar-refractivity contribution in [2.75, 3.05) is 25.0 Å². The monoisotopic (exact) mass is 362 g/mol. The summed E-state index contributed by atoms with van der Waals surface area (Å²) in [6, 6.07) is 12.9. The van der Waals surface area contributed by atoms with Crippen LogP contribution in [0.3, 0.4) is 0 Å². The highest BCUT2D eigenvalue weighted by atomic mass is 35.5. The Balaban J connectivity index is 1.72. The van der Waals surface area contributed by atoms with Crippen LogP contribution in [0.5, 0.6) is 0 Å². The van der Waals surface area contributed by atoms with Gasteiger partial charge in [-0.25, -0.2) is 0 Å². The van der Waals surface area contributed by atoms with Crippen molar-refractivity contribution in [2.45, 2.75) is 19.4 Å². The van der Waals surface area contributed by atoms with Gasteiger partial charge in [0, 0.05) is 30.3 Å². The zero-order valence-electron chi connectivity index (χ0n) is 14.1. The van der Waals surface area contributed by atoms with Gasteiger partial charge in [-0.1, -0.05) is 29.8 Å². The Kier molecular flexibility index (Phi) is 7.25. The van der Waals surface area contributed by atoms with Crippen LogP contribution in [0.2, 0.25) is 5.02 Å². The molecule has 2 rings (SSSR count). The second-order valence-corrected chi connectivity index (χ2v) is 6.35. The number of aliphatic carboxylic acids is 1. The molecule has 0 saturated heterocycles. The molecule has 5 nitrogen and oxygen atoms in total. The Morgan fingerprint density at radius 2 is 2.00 bits per heavy atom. The van der Waals surface area contributed by atoms with Crippen molar-refractivity contribution in [3.63, 3.8) is 0 Å². The van der Waals surface area contributed by atoms with E-state index >= 15 is 0 Å². The Hall–Kier alpha value is -2.08. The zero-order valence-corrected chi connectivity index (χ0v) is 14.9. The van der Waals surface area contributed by atoms with Gasteiger partial charge in [0.15, 0.2) is 0 Å². The maximum Gasteiger partial charge on any atom is 0.307 e. The first-order valence-corrected chi connectivity index (χ1v) is 8.53. The van der Waals surface area contributed by atoms with E-state index in [0.29, 0.717) is 24.7 Å². The van der Waals surface area contributed by atoms with E-state index in [0.717, 1.165) is 22.4 Å². The summed E-state index contributed by atoms with van der Waals surface area (Å²) < 4.78 is 0. The van der Waals surface area contributed by atoms with Crippen LogP contribution in [0.25, 0.3) is 0 Å². The number of aryl methyl sites for hydroxylation is 1. The van der Waals surface area contributed by atoms with Crippen LogP contribution in [0.1, 0.15) is 22.8 Å². The molecule has 0 radical (unpaired) electrons. The van der Waals surface area contributed by atoms with Gasteiger partial charge in [0.1, 0.15) is 0 Å². The maximum absolute atomic E-state index is 10.8. The molecule has 0 amide bonds. The average Bonchev–Trinajstić information content (AvgIpc) is 2.56. The Bertz CT molecular complexity index is 722. The third-order valence-corrected chi connectivity index (χ3v) is 4.12. The predicted molar refractivity (Wildman–Crippen MR) is 100 cm³/mol. The number of hydrogen-bond donors (Lipinski definition) is 4. The molecule has 1 unspecified atom stereocenters. The minimum Gasteiger partial charge on any atom is -0.481 e. The fourth-order valence-corrected chi connectivity index (χ4v) is 2.73. The van der Waals surface area contributed by atoms with Crippen LogP contribution in [-0.4, -0.2) is 35.8 Å². The van der Waals surface area contributed by atoms with Gasteiger partial charge in [-0.05, 0) is 47.9 Å². The van der Waals surface area contributed by atoms with Gasteiger partial charge in [-0.3, -0.25) is 4.79 Å². The summed E-state index contributed by atoms with van der Waals surface area (Å²) in [5.74, 6) is -0.828. The summed E-state index contributed by atoms with van der Waals surface area (Å²) in [7, 11) is 0. The quantitative estimate of drug-likeness (QED) is 0.515. The summed E-state index contributed by atoms with van der Waals surface area (Å²) in [4.78, 5) is 10.8. The first-order chi connectivity index (χ1) is 12.0. The molecule has 25 heavy (non-hydrogen) atoms. The lowest BCUT2D eigenvalue weighted by atomic mass is 10.1. The van der Waals surface area contributed by atoms with E-state index in [2.05, 4.69) is 10.6 Å². The molecule has 0 aliphatic carbocycles. The number of aliphatic hydroxyl groups is 1. The van der Waals surface area contributed by atoms with E-state index < -0.39 is 12.1 Å². The number of anilines is 1. The highest BCUT2D eigenvalue weighted by Gasteiger charge is 2.07. The first kappa shape index (κ1) is 19.2. The van der Waals surface area contributed by atoms with Crippen molar-refractivity contribution in [3.8, 4) is 0 Å². The zero-order chi connectivity index (χ0) is 18.2. The van der Waals surface area contributed by atoms with Gasteiger partial charge >= 0.3 is 5.97 Å². The van der Waals surface area contributed by atoms with Gasteiger partial charge in [-0.2, -0.15) is 0 Å². The first-order valence-electron chi connectivity index (χ1n) is 8.15. The number of carboxylic acids is 1. The lowest BCUT2D eigenvalue weighted by molar-refractivity contribution is -0.136. The number of rotatable bonds is 9. The summed E-state index contributed by atoms with van der Waals surface area (Å²) in [6.45, 7) is 3.73. The molecule has 0 heterocycles. The van der Waals surface area contributed by atoms with E-state index in [1.807, 2.05) is 37.3 Å². The summed E-state index contributed by atoms with van der Waals surface area (Å²) in [5.41, 5.74) is 3.51. The molecule has 0 aliphatic heterocycles. The fraction of sp³-hybridized carbons (Fsp3) is 0.316. The minimum absolute atomic E-state index is 0.0368. The van der Waals surface area contributed by atoms with Crippen molar-refractivity contribution in [1.82, 2.24) is 5.32 Å². The molecule has 134 valence electrons. The second-order valence-electron chi connectivity index (χ2n) is 5.91. The van der Waals surface area contributed by atoms with Crippen LogP contribution in [0, 0.1) is 6.92 Å². The molecule has 4 N–H and O–H groups in total. The molecule has 0 aromatic heterocycles. The molecule has 0 fully saturated rings. The van der Waals surface area contributed by atoms with Crippen molar-refractivity contribution < 1.29 is 15.0 Å². The number of nitrogens with one attached hydrogen (secondary N) is 2. The normalized spacial score (nSPS) is 12.0. The molecular weight excluding hydrogens is 340 g/mol. The van der Waals surface area contributed by atoms with E-state index in [1.54, 1.807) is 12.1 Å². The smallest absolute Gasteiger partial charge is 0.307 e. The third kappa shape index (κ3) is 6.38. The highest BCUT2D eigenvalue weighted by Crippen LogP contribution is 2.17. The van der Waals surface area contributed by atoms with E-state index in [9.17, 15) is 9.90 Å². The number of benzene rings is 2. The minimum atomic E-state index is -0.828. The lowest BCUT2D eigenvalue weighted by Crippen LogP contribution is -2.26. The number of halogens is 1. The van der Waals surface area contributed by atoms with E-state index in [1.165, 1.54) is 0 Å². The van der Waals surface area contributed by atoms with Gasteiger partial charge in [-0.15, -0.1) is 0 Å². The lowest BCUT2D eigenvalue weighted by Gasteiger charge is -2.14. The topological polar surface area (TPSA) is 81.6 Å². The van der Waals surface area contributed by atoms with Crippen LogP contribution < -0.4 is 10.6 Å². The third-order valence-electron chi connectivity index (χ3n) is 3.89. The molecule has 0 spiro atoms. The van der Waals surface area contributed by atoms with Crippen LogP contribution in [-0.2, 0) is 11.2 Å². The Morgan fingerprint density at radius 1 is 1.20 bits per heavy atom. The van der Waals surface area contributed by atoms with Gasteiger partial charge in [0.05, 0.1) is 12.5 Å². The fourth-order valence-electron chi connectivity index (χ4n) is 2.53. The number of hydrogen-bond acceptors (Lipinski definition) is 4. The average molecular weight is 363 g/mol. The van der Waals surface area contributed by atoms with E-state index in [-0.39, 0.29) is 6.42 Å². The number of aliphatic hydroxyl groups excluding tert-OH is 1. The molecule has 1 atom stereocenters. The Labute approximate surface area is 152 Å². The largest absolute Gasteiger partial charge is 0.481 e. The standard InChI is InChI=1S/C19H23ClN2O3/c1-13-9-17(6-5-14(13)11-19(24)25)22-8-7-21-12-18(23)15-3-2-4-16(20)10-15/h2-6,9-10,18,21-23H,7-8,11-12H2,1H3,(H,24,25). The van der Waals surface area contributed by atoms with Crippen molar-refractivity contribution in [1.29, 1.82) is 0 Å².